The summed E-state index contributed by atoms with van der Waals surface area (Å²) in [6.45, 7) is 1.21. The molecule has 0 aliphatic rings. The lowest BCUT2D eigenvalue weighted by molar-refractivity contribution is -0.110. The minimum atomic E-state index is -0.0683. The fourth-order valence-electron chi connectivity index (χ4n) is 2.59. The van der Waals surface area contributed by atoms with Crippen LogP contribution in [0.4, 0.5) is 0 Å². The molecule has 1 heterocycles. The topological polar surface area (TPSA) is 85.6 Å². The van der Waals surface area contributed by atoms with Gasteiger partial charge in [0.25, 0.3) is 5.91 Å². The molecule has 0 saturated heterocycles. The summed E-state index contributed by atoms with van der Waals surface area (Å²) in [7, 11) is 0. The molecule has 5 nitrogen and oxygen atoms in total. The van der Waals surface area contributed by atoms with E-state index in [0.29, 0.717) is 23.8 Å². The number of benzene rings is 2. The van der Waals surface area contributed by atoms with Crippen molar-refractivity contribution in [1.82, 2.24) is 9.88 Å². The zero-order valence-electron chi connectivity index (χ0n) is 13.1. The van der Waals surface area contributed by atoms with Crippen LogP contribution in [0, 0.1) is 0 Å². The number of nitrogens with zero attached hydrogens (tertiary/aromatic N) is 1. The molecular formula is C18H19N4OS+. The van der Waals surface area contributed by atoms with Gasteiger partial charge in [0.15, 0.2) is 0 Å². The number of amidine groups is 1. The molecule has 0 aliphatic heterocycles. The molecular weight excluding hydrogens is 320 g/mol. The smallest absolute Gasteiger partial charge is 0.304 e. The highest BCUT2D eigenvalue weighted by Crippen LogP contribution is 2.29. The molecule has 0 bridgehead atoms. The molecule has 3 aromatic rings. The Balaban J connectivity index is 1.71. The van der Waals surface area contributed by atoms with Gasteiger partial charge in [0.2, 0.25) is 0 Å². The highest BCUT2D eigenvalue weighted by molar-refractivity contribution is 8.13. The zero-order valence-corrected chi connectivity index (χ0v) is 13.9. The first-order chi connectivity index (χ1) is 11.6. The largest absolute Gasteiger partial charge is 0.350 e. The second-order valence-corrected chi connectivity index (χ2v) is 6.45. The average molecular weight is 339 g/mol. The molecule has 1 amide bonds. The van der Waals surface area contributed by atoms with Crippen molar-refractivity contribution in [3.05, 3.63) is 66.4 Å². The van der Waals surface area contributed by atoms with E-state index in [-0.39, 0.29) is 5.91 Å². The third-order valence-corrected chi connectivity index (χ3v) is 4.44. The molecule has 0 unspecified atom stereocenters. The van der Waals surface area contributed by atoms with Crippen LogP contribution in [0.15, 0.2) is 65.7 Å². The number of thioether (sulfide) groups is 1. The molecule has 0 aliphatic carbocycles. The van der Waals surface area contributed by atoms with Crippen LogP contribution in [0.5, 0.6) is 0 Å². The lowest BCUT2D eigenvalue weighted by atomic mass is 10.2. The number of carbonyl (C=O) groups excluding carboxylic acids is 1. The molecule has 0 radical (unpaired) electrons. The summed E-state index contributed by atoms with van der Waals surface area (Å²) in [5, 5.41) is 9.98. The van der Waals surface area contributed by atoms with Crippen molar-refractivity contribution in [2.24, 2.45) is 5.73 Å². The quantitative estimate of drug-likeness (QED) is 0.371. The van der Waals surface area contributed by atoms with Crippen LogP contribution in [-0.2, 0) is 6.54 Å². The molecule has 0 saturated carbocycles. The Kier molecular flexibility index (Phi) is 4.86. The van der Waals surface area contributed by atoms with E-state index in [4.69, 9.17) is 11.1 Å². The summed E-state index contributed by atoms with van der Waals surface area (Å²) >= 11 is 1.35. The summed E-state index contributed by atoms with van der Waals surface area (Å²) in [6, 6.07) is 17.3. The van der Waals surface area contributed by atoms with E-state index in [2.05, 4.69) is 9.88 Å². The number of hydrogen-bond donors (Lipinski definition) is 3. The normalized spacial score (nSPS) is 10.7. The number of carbonyl (C=O) groups is 1. The zero-order chi connectivity index (χ0) is 16.9. The fourth-order valence-corrected chi connectivity index (χ4v) is 3.30. The Labute approximate surface area is 144 Å². The van der Waals surface area contributed by atoms with Gasteiger partial charge in [0, 0.05) is 40.6 Å². The van der Waals surface area contributed by atoms with E-state index in [1.807, 2.05) is 48.7 Å². The number of aromatic nitrogens is 1. The standard InChI is InChI=1S/C18H18N4OS/c19-18(20)24-16-12-22(15-9-5-4-8-14(15)16)11-10-21-17(23)13-6-2-1-3-7-13/h1-9,12H,10-11H2,(H3,19,20)(H,21,23)/p+1. The van der Waals surface area contributed by atoms with E-state index < -0.39 is 0 Å². The monoisotopic (exact) mass is 339 g/mol. The number of rotatable bonds is 5. The van der Waals surface area contributed by atoms with E-state index in [0.717, 1.165) is 15.8 Å². The summed E-state index contributed by atoms with van der Waals surface area (Å²) < 4.78 is 2.10. The molecule has 1 aromatic heterocycles. The van der Waals surface area contributed by atoms with Crippen LogP contribution in [0.2, 0.25) is 0 Å². The molecule has 0 fully saturated rings. The number of fused-ring (bicyclic) bond motifs is 1. The lowest BCUT2D eigenvalue weighted by Crippen LogP contribution is -2.43. The van der Waals surface area contributed by atoms with Gasteiger partial charge in [-0.25, -0.2) is 0 Å². The summed E-state index contributed by atoms with van der Waals surface area (Å²) in [6.07, 6.45) is 2.02. The van der Waals surface area contributed by atoms with Gasteiger partial charge in [-0.2, -0.15) is 0 Å². The maximum atomic E-state index is 12.1. The highest BCUT2D eigenvalue weighted by Gasteiger charge is 2.11. The van der Waals surface area contributed by atoms with Crippen LogP contribution in [0.1, 0.15) is 10.4 Å². The van der Waals surface area contributed by atoms with Gasteiger partial charge in [-0.15, -0.1) is 0 Å². The number of nitrogens with one attached hydrogen (secondary N) is 1. The van der Waals surface area contributed by atoms with Crippen molar-refractivity contribution in [1.29, 1.82) is 0 Å². The maximum Gasteiger partial charge on any atom is 0.304 e. The lowest BCUT2D eigenvalue weighted by Gasteiger charge is -2.07. The molecule has 24 heavy (non-hydrogen) atoms. The first-order valence-electron chi connectivity index (χ1n) is 7.62. The number of hydrogen-bond acceptors (Lipinski definition) is 2. The van der Waals surface area contributed by atoms with Crippen molar-refractivity contribution in [3.8, 4) is 0 Å². The van der Waals surface area contributed by atoms with Gasteiger partial charge in [-0.1, -0.05) is 36.4 Å². The second kappa shape index (κ2) is 7.23. The molecule has 2 aromatic carbocycles. The number of nitrogens with two attached hydrogens (primary N) is 2. The van der Waals surface area contributed by atoms with E-state index in [1.165, 1.54) is 11.8 Å². The Bertz CT molecular complexity index is 873. The molecule has 122 valence electrons. The first-order valence-corrected chi connectivity index (χ1v) is 8.43. The van der Waals surface area contributed by atoms with Gasteiger partial charge in [-0.3, -0.25) is 15.9 Å². The van der Waals surface area contributed by atoms with Crippen LogP contribution in [0.25, 0.3) is 10.9 Å². The minimum Gasteiger partial charge on any atom is -0.350 e. The van der Waals surface area contributed by atoms with Gasteiger partial charge in [-0.05, 0) is 30.0 Å². The van der Waals surface area contributed by atoms with Crippen molar-refractivity contribution in [3.63, 3.8) is 0 Å². The molecule has 0 atom stereocenters. The SMILES string of the molecule is NC(=[NH2+])Sc1cn(CCNC(=O)c2ccccc2)c2ccccc12. The third-order valence-electron chi connectivity index (χ3n) is 3.65. The van der Waals surface area contributed by atoms with Gasteiger partial charge < -0.3 is 9.88 Å². The Morgan fingerprint density at radius 3 is 2.58 bits per heavy atom. The van der Waals surface area contributed by atoms with Crippen molar-refractivity contribution >= 4 is 33.7 Å². The van der Waals surface area contributed by atoms with Crippen LogP contribution >= 0.6 is 11.8 Å². The first kappa shape index (κ1) is 16.1. The molecule has 3 rings (SSSR count). The van der Waals surface area contributed by atoms with E-state index in [1.54, 1.807) is 12.1 Å². The van der Waals surface area contributed by atoms with Gasteiger partial charge in [0.1, 0.15) is 0 Å². The molecule has 0 spiro atoms. The Hall–Kier alpha value is -2.73. The third kappa shape index (κ3) is 3.60. The molecule has 6 heteroatoms. The van der Waals surface area contributed by atoms with Crippen molar-refractivity contribution < 1.29 is 10.2 Å². The van der Waals surface area contributed by atoms with Crippen LogP contribution in [0.3, 0.4) is 0 Å². The maximum absolute atomic E-state index is 12.1. The predicted molar refractivity (Wildman–Crippen MR) is 97.7 cm³/mol. The Morgan fingerprint density at radius 1 is 1.12 bits per heavy atom. The van der Waals surface area contributed by atoms with Crippen LogP contribution < -0.4 is 16.5 Å². The summed E-state index contributed by atoms with van der Waals surface area (Å²) in [5.74, 6) is -0.0683. The summed E-state index contributed by atoms with van der Waals surface area (Å²) in [5.41, 5.74) is 7.38. The van der Waals surface area contributed by atoms with Crippen LogP contribution in [-0.4, -0.2) is 22.2 Å². The minimum absolute atomic E-state index is 0.0683. The average Bonchev–Trinajstić information content (AvgIpc) is 2.93. The predicted octanol–water partition coefficient (Wildman–Crippen LogP) is 1.24. The number of amides is 1. The molecule has 5 N–H and O–H groups in total. The Morgan fingerprint density at radius 2 is 1.83 bits per heavy atom. The van der Waals surface area contributed by atoms with Gasteiger partial charge >= 0.3 is 5.17 Å². The fraction of sp³-hybridized carbons (Fsp3) is 0.111. The number of para-hydroxylation sites is 1. The van der Waals surface area contributed by atoms with Gasteiger partial charge in [0.05, 0.1) is 0 Å². The second-order valence-electron chi connectivity index (χ2n) is 5.33. The van der Waals surface area contributed by atoms with Crippen molar-refractivity contribution in [2.75, 3.05) is 6.54 Å². The highest BCUT2D eigenvalue weighted by atomic mass is 32.2. The summed E-state index contributed by atoms with van der Waals surface area (Å²) in [4.78, 5) is 13.1. The van der Waals surface area contributed by atoms with E-state index in [9.17, 15) is 4.79 Å². The van der Waals surface area contributed by atoms with E-state index >= 15 is 0 Å². The van der Waals surface area contributed by atoms with Crippen molar-refractivity contribution in [2.45, 2.75) is 11.4 Å².